The van der Waals surface area contributed by atoms with E-state index in [0.29, 0.717) is 29.5 Å². The second-order valence-electron chi connectivity index (χ2n) is 7.80. The molecule has 0 radical (unpaired) electrons. The predicted octanol–water partition coefficient (Wildman–Crippen LogP) is 2.85. The van der Waals surface area contributed by atoms with E-state index in [-0.39, 0.29) is 19.2 Å². The number of benzene rings is 1. The quantitative estimate of drug-likeness (QED) is 0.318. The van der Waals surface area contributed by atoms with Gasteiger partial charge in [0.1, 0.15) is 0 Å². The molecule has 9 nitrogen and oxygen atoms in total. The van der Waals surface area contributed by atoms with Crippen LogP contribution in [0.3, 0.4) is 0 Å². The Morgan fingerprint density at radius 2 is 1.81 bits per heavy atom. The van der Waals surface area contributed by atoms with E-state index in [1.165, 1.54) is 0 Å². The number of hydrogen-bond donors (Lipinski definition) is 4. The van der Waals surface area contributed by atoms with Crippen LogP contribution in [0.25, 0.3) is 22.4 Å². The minimum Gasteiger partial charge on any atom is -0.394 e. The summed E-state index contributed by atoms with van der Waals surface area (Å²) in [6.45, 7) is 4.48. The lowest BCUT2D eigenvalue weighted by atomic mass is 10.1. The van der Waals surface area contributed by atoms with Crippen LogP contribution in [0.2, 0.25) is 0 Å². The number of anilines is 2. The van der Waals surface area contributed by atoms with Gasteiger partial charge >= 0.3 is 0 Å². The average molecular weight is 434 g/mol. The SMILES string of the molecule is CC(C)n1cnc2c(NCc3ccc(-c4ccccn4)cc3)nc(NC[C@H](O)CO)nc21. The largest absolute Gasteiger partial charge is 0.394 e. The van der Waals surface area contributed by atoms with E-state index in [1.807, 2.05) is 34.9 Å². The molecule has 166 valence electrons. The van der Waals surface area contributed by atoms with Crippen molar-refractivity contribution >= 4 is 22.9 Å². The van der Waals surface area contributed by atoms with Gasteiger partial charge in [-0.05, 0) is 31.5 Å². The first-order chi connectivity index (χ1) is 15.5. The molecular weight excluding hydrogens is 406 g/mol. The van der Waals surface area contributed by atoms with E-state index >= 15 is 0 Å². The Labute approximate surface area is 186 Å². The number of fused-ring (bicyclic) bond motifs is 1. The molecular formula is C23H27N7O2. The smallest absolute Gasteiger partial charge is 0.226 e. The van der Waals surface area contributed by atoms with Gasteiger partial charge in [0, 0.05) is 30.9 Å². The second kappa shape index (κ2) is 9.71. The zero-order chi connectivity index (χ0) is 22.5. The highest BCUT2D eigenvalue weighted by Gasteiger charge is 2.15. The fourth-order valence-electron chi connectivity index (χ4n) is 3.28. The summed E-state index contributed by atoms with van der Waals surface area (Å²) >= 11 is 0. The first-order valence-corrected chi connectivity index (χ1v) is 10.6. The van der Waals surface area contributed by atoms with Gasteiger partial charge in [0.25, 0.3) is 0 Å². The lowest BCUT2D eigenvalue weighted by Gasteiger charge is -2.13. The van der Waals surface area contributed by atoms with Gasteiger partial charge in [0.2, 0.25) is 5.95 Å². The molecule has 0 amide bonds. The Balaban J connectivity index is 1.56. The van der Waals surface area contributed by atoms with Crippen molar-refractivity contribution in [1.29, 1.82) is 0 Å². The van der Waals surface area contributed by atoms with Gasteiger partial charge in [-0.15, -0.1) is 0 Å². The van der Waals surface area contributed by atoms with Gasteiger partial charge in [-0.25, -0.2) is 4.98 Å². The summed E-state index contributed by atoms with van der Waals surface area (Å²) < 4.78 is 1.97. The van der Waals surface area contributed by atoms with Crippen LogP contribution in [0.1, 0.15) is 25.5 Å². The van der Waals surface area contributed by atoms with E-state index < -0.39 is 6.10 Å². The van der Waals surface area contributed by atoms with Gasteiger partial charge in [-0.2, -0.15) is 9.97 Å². The maximum absolute atomic E-state index is 9.66. The normalized spacial score (nSPS) is 12.3. The van der Waals surface area contributed by atoms with Crippen LogP contribution in [-0.4, -0.2) is 54.0 Å². The zero-order valence-corrected chi connectivity index (χ0v) is 18.1. The molecule has 0 aliphatic rings. The summed E-state index contributed by atoms with van der Waals surface area (Å²) in [4.78, 5) is 18.0. The number of hydrogen-bond acceptors (Lipinski definition) is 8. The van der Waals surface area contributed by atoms with Crippen molar-refractivity contribution in [2.24, 2.45) is 0 Å². The summed E-state index contributed by atoms with van der Waals surface area (Å²) in [6, 6.07) is 14.2. The fourth-order valence-corrected chi connectivity index (χ4v) is 3.28. The topological polar surface area (TPSA) is 121 Å². The highest BCUT2D eigenvalue weighted by Crippen LogP contribution is 2.24. The van der Waals surface area contributed by atoms with E-state index in [2.05, 4.69) is 56.5 Å². The first kappa shape index (κ1) is 21.7. The minimum absolute atomic E-state index is 0.145. The van der Waals surface area contributed by atoms with Crippen molar-refractivity contribution in [1.82, 2.24) is 24.5 Å². The summed E-state index contributed by atoms with van der Waals surface area (Å²) in [5.41, 5.74) is 4.46. The van der Waals surface area contributed by atoms with Crippen LogP contribution in [0.4, 0.5) is 11.8 Å². The van der Waals surface area contributed by atoms with Gasteiger partial charge in [-0.1, -0.05) is 30.3 Å². The molecule has 1 atom stereocenters. The van der Waals surface area contributed by atoms with Crippen molar-refractivity contribution < 1.29 is 10.2 Å². The molecule has 32 heavy (non-hydrogen) atoms. The van der Waals surface area contributed by atoms with Crippen LogP contribution >= 0.6 is 0 Å². The van der Waals surface area contributed by atoms with Crippen molar-refractivity contribution in [2.75, 3.05) is 23.8 Å². The van der Waals surface area contributed by atoms with Crippen molar-refractivity contribution in [2.45, 2.75) is 32.5 Å². The Morgan fingerprint density at radius 3 is 2.50 bits per heavy atom. The van der Waals surface area contributed by atoms with Crippen LogP contribution in [0.15, 0.2) is 55.0 Å². The van der Waals surface area contributed by atoms with Crippen molar-refractivity contribution in [3.8, 4) is 11.3 Å². The number of aliphatic hydroxyl groups excluding tert-OH is 2. The van der Waals surface area contributed by atoms with Crippen LogP contribution in [-0.2, 0) is 6.54 Å². The molecule has 0 spiro atoms. The monoisotopic (exact) mass is 433 g/mol. The average Bonchev–Trinajstić information content (AvgIpc) is 3.26. The number of aromatic nitrogens is 5. The molecule has 0 aliphatic carbocycles. The molecule has 0 bridgehead atoms. The standard InChI is InChI=1S/C23H27N7O2/c1-15(2)30-14-27-20-21(28-23(29-22(20)30)26-12-18(32)13-31)25-11-16-6-8-17(9-7-16)19-5-3-4-10-24-19/h3-10,14-15,18,31-32H,11-13H2,1-2H3,(H2,25,26,28,29)/t18-/m0/s1. The molecule has 0 aliphatic heterocycles. The Bertz CT molecular complexity index is 1160. The van der Waals surface area contributed by atoms with Crippen LogP contribution < -0.4 is 10.6 Å². The number of rotatable bonds is 9. The van der Waals surface area contributed by atoms with E-state index in [4.69, 9.17) is 5.11 Å². The van der Waals surface area contributed by atoms with Crippen LogP contribution in [0.5, 0.6) is 0 Å². The lowest BCUT2D eigenvalue weighted by Crippen LogP contribution is -2.24. The highest BCUT2D eigenvalue weighted by atomic mass is 16.3. The summed E-state index contributed by atoms with van der Waals surface area (Å²) in [7, 11) is 0. The highest BCUT2D eigenvalue weighted by molar-refractivity contribution is 5.84. The molecule has 1 aromatic carbocycles. The van der Waals surface area contributed by atoms with Gasteiger partial charge < -0.3 is 25.4 Å². The van der Waals surface area contributed by atoms with Crippen molar-refractivity contribution in [3.05, 3.63) is 60.6 Å². The molecule has 4 aromatic rings. The molecule has 0 fully saturated rings. The molecule has 3 aromatic heterocycles. The summed E-state index contributed by atoms with van der Waals surface area (Å²) in [6.07, 6.45) is 2.65. The molecule has 4 rings (SSSR count). The van der Waals surface area contributed by atoms with Crippen molar-refractivity contribution in [3.63, 3.8) is 0 Å². The second-order valence-corrected chi connectivity index (χ2v) is 7.80. The molecule has 0 saturated carbocycles. The third-order valence-electron chi connectivity index (χ3n) is 5.06. The van der Waals surface area contributed by atoms with Gasteiger partial charge in [-0.3, -0.25) is 4.98 Å². The third kappa shape index (κ3) is 4.84. The van der Waals surface area contributed by atoms with E-state index in [1.54, 1.807) is 12.5 Å². The number of nitrogens with zero attached hydrogens (tertiary/aromatic N) is 5. The zero-order valence-electron chi connectivity index (χ0n) is 18.1. The molecule has 3 heterocycles. The molecule has 9 heteroatoms. The predicted molar refractivity (Wildman–Crippen MR) is 124 cm³/mol. The Kier molecular flexibility index (Phi) is 6.58. The maximum Gasteiger partial charge on any atom is 0.226 e. The number of aliphatic hydroxyl groups is 2. The van der Waals surface area contributed by atoms with E-state index in [0.717, 1.165) is 16.8 Å². The first-order valence-electron chi connectivity index (χ1n) is 10.6. The van der Waals surface area contributed by atoms with E-state index in [9.17, 15) is 5.11 Å². The Hall–Kier alpha value is -3.56. The van der Waals surface area contributed by atoms with Gasteiger partial charge in [0.15, 0.2) is 17.0 Å². The number of imidazole rings is 1. The van der Waals surface area contributed by atoms with Gasteiger partial charge in [0.05, 0.1) is 24.7 Å². The summed E-state index contributed by atoms with van der Waals surface area (Å²) in [5.74, 6) is 0.963. The number of pyridine rings is 1. The lowest BCUT2D eigenvalue weighted by molar-refractivity contribution is 0.105. The fraction of sp³-hybridized carbons (Fsp3) is 0.304. The maximum atomic E-state index is 9.66. The molecule has 4 N–H and O–H groups in total. The molecule has 0 saturated heterocycles. The summed E-state index contributed by atoms with van der Waals surface area (Å²) in [5, 5.41) is 25.1. The molecule has 0 unspecified atom stereocenters. The Morgan fingerprint density at radius 1 is 1.00 bits per heavy atom. The van der Waals surface area contributed by atoms with Crippen LogP contribution in [0, 0.1) is 0 Å². The minimum atomic E-state index is -0.890. The number of nitrogens with one attached hydrogen (secondary N) is 2. The third-order valence-corrected chi connectivity index (χ3v) is 5.06.